The highest BCUT2D eigenvalue weighted by atomic mass is 32.1. The minimum Gasteiger partial charge on any atom is -0.336 e. The summed E-state index contributed by atoms with van der Waals surface area (Å²) < 4.78 is 2.32. The molecule has 0 atom stereocenters. The highest BCUT2D eigenvalue weighted by Gasteiger charge is 2.14. The van der Waals surface area contributed by atoms with Crippen LogP contribution in [0.3, 0.4) is 0 Å². The van der Waals surface area contributed by atoms with Crippen LogP contribution in [0.15, 0.2) is 15.0 Å². The molecule has 10 heteroatoms. The van der Waals surface area contributed by atoms with Gasteiger partial charge in [0.05, 0.1) is 5.69 Å². The molecule has 0 spiro atoms. The third-order valence-electron chi connectivity index (χ3n) is 3.60. The number of H-pyrrole nitrogens is 1. The smallest absolute Gasteiger partial charge is 0.332 e. The van der Waals surface area contributed by atoms with Gasteiger partial charge in [0.25, 0.3) is 5.56 Å². The molecule has 2 N–H and O–H groups in total. The van der Waals surface area contributed by atoms with Crippen LogP contribution in [-0.2, 0) is 25.3 Å². The Morgan fingerprint density at radius 2 is 2.04 bits per heavy atom. The van der Waals surface area contributed by atoms with Gasteiger partial charge in [-0.05, 0) is 6.92 Å². The van der Waals surface area contributed by atoms with Crippen molar-refractivity contribution in [1.29, 1.82) is 0 Å². The second kappa shape index (κ2) is 6.04. The number of amides is 1. The summed E-state index contributed by atoms with van der Waals surface area (Å²) in [5.74, 6) is 0.292. The standard InChI is InChI=1S/C14H16N6O3S/c1-7-6-24-13(15-7)18-9(21)5-4-8-16-10-11(17-8)19(2)14(23)20(3)12(10)22/h6H,4-5H2,1-3H3,(H,16,17)(H,15,18,21). The Kier molecular flexibility index (Phi) is 4.06. The number of hydrogen-bond acceptors (Lipinski definition) is 6. The molecule has 0 unspecified atom stereocenters. The zero-order valence-electron chi connectivity index (χ0n) is 13.4. The Morgan fingerprint density at radius 3 is 2.71 bits per heavy atom. The maximum absolute atomic E-state index is 12.1. The second-order valence-corrected chi connectivity index (χ2v) is 6.29. The van der Waals surface area contributed by atoms with Gasteiger partial charge in [-0.25, -0.2) is 14.8 Å². The number of aromatic amines is 1. The molecule has 0 saturated heterocycles. The molecule has 1 amide bonds. The Labute approximate surface area is 140 Å². The number of nitrogens with zero attached hydrogens (tertiary/aromatic N) is 4. The third kappa shape index (κ3) is 2.87. The molecule has 0 aliphatic carbocycles. The lowest BCUT2D eigenvalue weighted by Crippen LogP contribution is -2.36. The number of nitrogens with one attached hydrogen (secondary N) is 2. The fourth-order valence-electron chi connectivity index (χ4n) is 2.32. The van der Waals surface area contributed by atoms with Crippen LogP contribution in [0.2, 0.25) is 0 Å². The molecular weight excluding hydrogens is 332 g/mol. The zero-order chi connectivity index (χ0) is 17.4. The van der Waals surface area contributed by atoms with Gasteiger partial charge in [-0.3, -0.25) is 18.7 Å². The molecule has 3 heterocycles. The van der Waals surface area contributed by atoms with Crippen molar-refractivity contribution in [3.05, 3.63) is 37.7 Å². The topological polar surface area (TPSA) is 115 Å². The molecule has 3 aromatic heterocycles. The molecular formula is C14H16N6O3S. The molecule has 0 aliphatic rings. The molecule has 126 valence electrons. The van der Waals surface area contributed by atoms with E-state index in [-0.39, 0.29) is 23.5 Å². The van der Waals surface area contributed by atoms with Crippen LogP contribution in [-0.4, -0.2) is 30.0 Å². The Bertz CT molecular complexity index is 1040. The van der Waals surface area contributed by atoms with Crippen molar-refractivity contribution in [1.82, 2.24) is 24.1 Å². The van der Waals surface area contributed by atoms with Gasteiger partial charge in [0, 0.05) is 32.3 Å². The van der Waals surface area contributed by atoms with Crippen molar-refractivity contribution in [3.8, 4) is 0 Å². The predicted octanol–water partition coefficient (Wildman–Crippen LogP) is 0.297. The molecule has 0 fully saturated rings. The van der Waals surface area contributed by atoms with Gasteiger partial charge in [-0.1, -0.05) is 0 Å². The van der Waals surface area contributed by atoms with E-state index in [0.717, 1.165) is 10.3 Å². The summed E-state index contributed by atoms with van der Waals surface area (Å²) in [6.45, 7) is 1.85. The minimum absolute atomic E-state index is 0.187. The summed E-state index contributed by atoms with van der Waals surface area (Å²) in [7, 11) is 2.96. The van der Waals surface area contributed by atoms with Crippen molar-refractivity contribution >= 4 is 33.5 Å². The molecule has 3 rings (SSSR count). The van der Waals surface area contributed by atoms with Gasteiger partial charge in [-0.15, -0.1) is 11.3 Å². The summed E-state index contributed by atoms with van der Waals surface area (Å²) in [6, 6.07) is 0. The van der Waals surface area contributed by atoms with Crippen molar-refractivity contribution in [2.75, 3.05) is 5.32 Å². The van der Waals surface area contributed by atoms with Crippen LogP contribution in [0.5, 0.6) is 0 Å². The lowest BCUT2D eigenvalue weighted by Gasteiger charge is -2.00. The van der Waals surface area contributed by atoms with E-state index in [1.54, 1.807) is 7.05 Å². The van der Waals surface area contributed by atoms with Gasteiger partial charge >= 0.3 is 5.69 Å². The summed E-state index contributed by atoms with van der Waals surface area (Å²) in [5.41, 5.74) is 0.515. The van der Waals surface area contributed by atoms with E-state index in [1.807, 2.05) is 12.3 Å². The van der Waals surface area contributed by atoms with Crippen LogP contribution in [0.1, 0.15) is 17.9 Å². The average Bonchev–Trinajstić information content (AvgIpc) is 3.15. The van der Waals surface area contributed by atoms with Gasteiger partial charge in [0.1, 0.15) is 11.3 Å². The predicted molar refractivity (Wildman–Crippen MR) is 90.4 cm³/mol. The molecule has 9 nitrogen and oxygen atoms in total. The fraction of sp³-hybridized carbons (Fsp3) is 0.357. The molecule has 0 radical (unpaired) electrons. The van der Waals surface area contributed by atoms with E-state index >= 15 is 0 Å². The minimum atomic E-state index is -0.442. The Morgan fingerprint density at radius 1 is 1.29 bits per heavy atom. The van der Waals surface area contributed by atoms with Crippen molar-refractivity contribution < 1.29 is 4.79 Å². The molecule has 24 heavy (non-hydrogen) atoms. The van der Waals surface area contributed by atoms with Crippen molar-refractivity contribution in [2.45, 2.75) is 19.8 Å². The number of thiazole rings is 1. The molecule has 0 aromatic carbocycles. The SMILES string of the molecule is Cc1csc(NC(=O)CCc2nc3c([nH]2)c(=O)n(C)c(=O)n3C)n1. The molecule has 0 bridgehead atoms. The number of aryl methyl sites for hydroxylation is 3. The highest BCUT2D eigenvalue weighted by molar-refractivity contribution is 7.13. The number of carbonyl (C=O) groups excluding carboxylic acids is 1. The quantitative estimate of drug-likeness (QED) is 0.703. The number of aromatic nitrogens is 5. The normalized spacial score (nSPS) is 11.1. The number of rotatable bonds is 4. The molecule has 0 aliphatic heterocycles. The number of anilines is 1. The van der Waals surface area contributed by atoms with Crippen LogP contribution >= 0.6 is 11.3 Å². The lowest BCUT2D eigenvalue weighted by atomic mass is 10.3. The van der Waals surface area contributed by atoms with Crippen LogP contribution < -0.4 is 16.6 Å². The van der Waals surface area contributed by atoms with Crippen LogP contribution in [0.25, 0.3) is 11.2 Å². The maximum Gasteiger partial charge on any atom is 0.332 e. The van der Waals surface area contributed by atoms with Gasteiger partial charge < -0.3 is 10.3 Å². The first-order chi connectivity index (χ1) is 11.4. The number of carbonyl (C=O) groups is 1. The Balaban J connectivity index is 1.77. The van der Waals surface area contributed by atoms with E-state index in [9.17, 15) is 14.4 Å². The van der Waals surface area contributed by atoms with E-state index in [2.05, 4.69) is 20.3 Å². The number of imidazole rings is 1. The first kappa shape index (κ1) is 16.1. The van der Waals surface area contributed by atoms with Crippen molar-refractivity contribution in [2.24, 2.45) is 14.1 Å². The van der Waals surface area contributed by atoms with E-state index < -0.39 is 11.2 Å². The molecule has 3 aromatic rings. The zero-order valence-corrected chi connectivity index (χ0v) is 14.2. The van der Waals surface area contributed by atoms with Crippen LogP contribution in [0, 0.1) is 6.92 Å². The number of fused-ring (bicyclic) bond motifs is 1. The summed E-state index contributed by atoms with van der Waals surface area (Å²) in [5, 5.41) is 5.12. The molecule has 0 saturated carbocycles. The third-order valence-corrected chi connectivity index (χ3v) is 4.47. The largest absolute Gasteiger partial charge is 0.336 e. The second-order valence-electron chi connectivity index (χ2n) is 5.43. The summed E-state index contributed by atoms with van der Waals surface area (Å²) in [6.07, 6.45) is 0.509. The Hall–Kier alpha value is -2.75. The van der Waals surface area contributed by atoms with E-state index in [4.69, 9.17) is 0 Å². The first-order valence-corrected chi connectivity index (χ1v) is 8.11. The fourth-order valence-corrected chi connectivity index (χ4v) is 3.02. The first-order valence-electron chi connectivity index (χ1n) is 7.23. The van der Waals surface area contributed by atoms with Gasteiger partial charge in [-0.2, -0.15) is 0 Å². The average molecular weight is 348 g/mol. The maximum atomic E-state index is 12.1. The van der Waals surface area contributed by atoms with Gasteiger partial charge in [0.15, 0.2) is 10.8 Å². The van der Waals surface area contributed by atoms with E-state index in [1.165, 1.54) is 23.0 Å². The summed E-state index contributed by atoms with van der Waals surface area (Å²) >= 11 is 1.36. The lowest BCUT2D eigenvalue weighted by molar-refractivity contribution is -0.116. The number of hydrogen-bond donors (Lipinski definition) is 2. The van der Waals surface area contributed by atoms with Crippen molar-refractivity contribution in [3.63, 3.8) is 0 Å². The van der Waals surface area contributed by atoms with Gasteiger partial charge in [0.2, 0.25) is 5.91 Å². The summed E-state index contributed by atoms with van der Waals surface area (Å²) in [4.78, 5) is 47.2. The van der Waals surface area contributed by atoms with Crippen LogP contribution in [0.4, 0.5) is 5.13 Å². The monoisotopic (exact) mass is 348 g/mol. The van der Waals surface area contributed by atoms with E-state index in [0.29, 0.717) is 17.4 Å². The highest BCUT2D eigenvalue weighted by Crippen LogP contribution is 2.15.